The lowest BCUT2D eigenvalue weighted by Crippen LogP contribution is -2.39. The molecule has 0 unspecified atom stereocenters. The Kier molecular flexibility index (Phi) is 4.19. The highest BCUT2D eigenvalue weighted by Gasteiger charge is 2.20. The molecule has 0 radical (unpaired) electrons. The number of amides is 1. The van der Waals surface area contributed by atoms with Crippen LogP contribution in [0.3, 0.4) is 0 Å². The molecular weight excluding hydrogens is 292 g/mol. The number of aromatic nitrogens is 1. The van der Waals surface area contributed by atoms with E-state index in [1.807, 2.05) is 32.2 Å². The van der Waals surface area contributed by atoms with Crippen molar-refractivity contribution in [3.8, 4) is 5.75 Å². The van der Waals surface area contributed by atoms with Crippen LogP contribution in [-0.2, 0) is 24.8 Å². The highest BCUT2D eigenvalue weighted by atomic mass is 16.5. The third kappa shape index (κ3) is 3.28. The molecule has 3 rings (SSSR count). The Bertz CT molecular complexity index is 795. The summed E-state index contributed by atoms with van der Waals surface area (Å²) in [5.74, 6) is 0.117. The van der Waals surface area contributed by atoms with Crippen LogP contribution in [0, 0.1) is 6.92 Å². The summed E-state index contributed by atoms with van der Waals surface area (Å²) < 4.78 is 7.25. The molecule has 2 aromatic rings. The van der Waals surface area contributed by atoms with Crippen LogP contribution in [0.25, 0.3) is 0 Å². The number of carbonyl (C=O) groups excluding carboxylic acids is 1. The minimum atomic E-state index is -0.197. The van der Waals surface area contributed by atoms with E-state index in [1.54, 1.807) is 15.7 Å². The third-order valence-electron chi connectivity index (χ3n) is 4.28. The number of fused-ring (bicyclic) bond motifs is 1. The third-order valence-corrected chi connectivity index (χ3v) is 4.28. The van der Waals surface area contributed by atoms with Gasteiger partial charge < -0.3 is 14.2 Å². The van der Waals surface area contributed by atoms with Crippen LogP contribution in [0.2, 0.25) is 0 Å². The Labute approximate surface area is 135 Å². The Morgan fingerprint density at radius 1 is 1.26 bits per heavy atom. The van der Waals surface area contributed by atoms with Crippen molar-refractivity contribution in [3.05, 3.63) is 63.6 Å². The van der Waals surface area contributed by atoms with E-state index < -0.39 is 0 Å². The van der Waals surface area contributed by atoms with Crippen molar-refractivity contribution in [3.63, 3.8) is 0 Å². The van der Waals surface area contributed by atoms with E-state index in [1.165, 1.54) is 17.2 Å². The second-order valence-electron chi connectivity index (χ2n) is 5.88. The summed E-state index contributed by atoms with van der Waals surface area (Å²) in [5.41, 5.74) is 3.13. The van der Waals surface area contributed by atoms with Gasteiger partial charge in [-0.3, -0.25) is 9.59 Å². The summed E-state index contributed by atoms with van der Waals surface area (Å²) in [7, 11) is 1.84. The summed E-state index contributed by atoms with van der Waals surface area (Å²) in [6.07, 6.45) is 2.48. The van der Waals surface area contributed by atoms with Gasteiger partial charge in [-0.05, 0) is 24.5 Å². The van der Waals surface area contributed by atoms with Crippen molar-refractivity contribution < 1.29 is 9.53 Å². The Morgan fingerprint density at radius 2 is 2.00 bits per heavy atom. The SMILES string of the molecule is Cc1cc(=O)c(OCC(=O)N2CCc3ccccc3C2)cn1C. The molecule has 0 atom stereocenters. The predicted molar refractivity (Wildman–Crippen MR) is 87.5 cm³/mol. The quantitative estimate of drug-likeness (QED) is 0.866. The van der Waals surface area contributed by atoms with Crippen LogP contribution in [0.4, 0.5) is 0 Å². The van der Waals surface area contributed by atoms with Gasteiger partial charge in [-0.1, -0.05) is 24.3 Å². The molecule has 120 valence electrons. The monoisotopic (exact) mass is 312 g/mol. The first kappa shape index (κ1) is 15.3. The fraction of sp³-hybridized carbons (Fsp3) is 0.333. The minimum absolute atomic E-state index is 0.0952. The molecule has 0 saturated carbocycles. The standard InChI is InChI=1S/C18H20N2O3/c1-13-9-16(21)17(11-19(13)2)23-12-18(22)20-8-7-14-5-3-4-6-15(14)10-20/h3-6,9,11H,7-8,10,12H2,1-2H3. The fourth-order valence-corrected chi connectivity index (χ4v) is 2.75. The smallest absolute Gasteiger partial charge is 0.260 e. The average molecular weight is 312 g/mol. The number of hydrogen-bond acceptors (Lipinski definition) is 3. The first-order chi connectivity index (χ1) is 11.0. The van der Waals surface area contributed by atoms with Crippen molar-refractivity contribution in [2.45, 2.75) is 19.9 Å². The van der Waals surface area contributed by atoms with Crippen molar-refractivity contribution in [2.24, 2.45) is 7.05 Å². The molecule has 0 fully saturated rings. The number of ether oxygens (including phenoxy) is 1. The number of aryl methyl sites for hydroxylation is 2. The van der Waals surface area contributed by atoms with Crippen molar-refractivity contribution >= 4 is 5.91 Å². The summed E-state index contributed by atoms with van der Waals surface area (Å²) in [6, 6.07) is 9.66. The van der Waals surface area contributed by atoms with Crippen LogP contribution >= 0.6 is 0 Å². The number of hydrogen-bond donors (Lipinski definition) is 0. The van der Waals surface area contributed by atoms with Gasteiger partial charge in [-0.15, -0.1) is 0 Å². The van der Waals surface area contributed by atoms with Crippen molar-refractivity contribution in [2.75, 3.05) is 13.2 Å². The maximum Gasteiger partial charge on any atom is 0.260 e. The molecule has 2 heterocycles. The van der Waals surface area contributed by atoms with Gasteiger partial charge in [0.05, 0.1) is 0 Å². The lowest BCUT2D eigenvalue weighted by molar-refractivity contribution is -0.134. The molecule has 0 aliphatic carbocycles. The molecule has 5 nitrogen and oxygen atoms in total. The van der Waals surface area contributed by atoms with Gasteiger partial charge in [-0.2, -0.15) is 0 Å². The second-order valence-corrected chi connectivity index (χ2v) is 5.88. The van der Waals surface area contributed by atoms with Crippen LogP contribution in [-0.4, -0.2) is 28.5 Å². The number of benzene rings is 1. The lowest BCUT2D eigenvalue weighted by Gasteiger charge is -2.28. The van der Waals surface area contributed by atoms with Gasteiger partial charge >= 0.3 is 0 Å². The first-order valence-corrected chi connectivity index (χ1v) is 7.69. The van der Waals surface area contributed by atoms with Crippen LogP contribution in [0.15, 0.2) is 41.3 Å². The van der Waals surface area contributed by atoms with E-state index in [2.05, 4.69) is 6.07 Å². The van der Waals surface area contributed by atoms with E-state index in [0.717, 1.165) is 12.1 Å². The van der Waals surface area contributed by atoms with E-state index in [4.69, 9.17) is 4.74 Å². The Hall–Kier alpha value is -2.56. The molecule has 0 bridgehead atoms. The molecule has 1 aliphatic heterocycles. The van der Waals surface area contributed by atoms with E-state index in [-0.39, 0.29) is 23.7 Å². The summed E-state index contributed by atoms with van der Waals surface area (Å²) in [4.78, 5) is 26.0. The van der Waals surface area contributed by atoms with Crippen LogP contribution in [0.5, 0.6) is 5.75 Å². The molecular formula is C18H20N2O3. The fourth-order valence-electron chi connectivity index (χ4n) is 2.75. The van der Waals surface area contributed by atoms with Gasteiger partial charge in [0, 0.05) is 38.1 Å². The largest absolute Gasteiger partial charge is 0.478 e. The van der Waals surface area contributed by atoms with Crippen LogP contribution < -0.4 is 10.2 Å². The summed E-state index contributed by atoms with van der Waals surface area (Å²) >= 11 is 0. The highest BCUT2D eigenvalue weighted by Crippen LogP contribution is 2.18. The van der Waals surface area contributed by atoms with Crippen LogP contribution in [0.1, 0.15) is 16.8 Å². The highest BCUT2D eigenvalue weighted by molar-refractivity contribution is 5.78. The zero-order chi connectivity index (χ0) is 16.4. The average Bonchev–Trinajstić information content (AvgIpc) is 2.56. The van der Waals surface area contributed by atoms with Gasteiger partial charge in [0.25, 0.3) is 5.91 Å². The van der Waals surface area contributed by atoms with E-state index in [9.17, 15) is 9.59 Å². The normalized spacial score (nSPS) is 13.6. The second kappa shape index (κ2) is 6.28. The maximum absolute atomic E-state index is 12.3. The van der Waals surface area contributed by atoms with Gasteiger partial charge in [-0.25, -0.2) is 0 Å². The number of carbonyl (C=O) groups is 1. The molecule has 1 amide bonds. The molecule has 1 aliphatic rings. The Balaban J connectivity index is 1.65. The minimum Gasteiger partial charge on any atom is -0.478 e. The molecule has 0 saturated heterocycles. The first-order valence-electron chi connectivity index (χ1n) is 7.69. The van der Waals surface area contributed by atoms with Gasteiger partial charge in [0.15, 0.2) is 12.4 Å². The van der Waals surface area contributed by atoms with E-state index in [0.29, 0.717) is 13.1 Å². The number of rotatable bonds is 3. The van der Waals surface area contributed by atoms with Gasteiger partial charge in [0.1, 0.15) is 0 Å². The van der Waals surface area contributed by atoms with Gasteiger partial charge in [0.2, 0.25) is 5.43 Å². The molecule has 0 N–H and O–H groups in total. The Morgan fingerprint density at radius 3 is 2.78 bits per heavy atom. The molecule has 23 heavy (non-hydrogen) atoms. The van der Waals surface area contributed by atoms with E-state index >= 15 is 0 Å². The molecule has 1 aromatic carbocycles. The predicted octanol–water partition coefficient (Wildman–Crippen LogP) is 1.66. The number of nitrogens with zero attached hydrogens (tertiary/aromatic N) is 2. The molecule has 0 spiro atoms. The maximum atomic E-state index is 12.3. The topological polar surface area (TPSA) is 51.5 Å². The summed E-state index contributed by atoms with van der Waals surface area (Å²) in [6.45, 7) is 3.03. The van der Waals surface area contributed by atoms with Crippen molar-refractivity contribution in [1.29, 1.82) is 0 Å². The molecule has 5 heteroatoms. The van der Waals surface area contributed by atoms with Crippen molar-refractivity contribution in [1.82, 2.24) is 9.47 Å². The summed E-state index contributed by atoms with van der Waals surface area (Å²) in [5, 5.41) is 0. The lowest BCUT2D eigenvalue weighted by atomic mass is 10.00. The zero-order valence-corrected chi connectivity index (χ0v) is 13.4. The molecule has 1 aromatic heterocycles. The number of pyridine rings is 1. The zero-order valence-electron chi connectivity index (χ0n) is 13.4.